The van der Waals surface area contributed by atoms with Crippen LogP contribution in [0.3, 0.4) is 0 Å². The molecule has 0 amide bonds. The van der Waals surface area contributed by atoms with E-state index in [0.29, 0.717) is 18.9 Å². The lowest BCUT2D eigenvalue weighted by Crippen LogP contribution is -2.29. The number of fused-ring (bicyclic) bond motifs is 1. The largest absolute Gasteiger partial charge is 0.497 e. The monoisotopic (exact) mass is 460 g/mol. The number of aromatic nitrogens is 2. The van der Waals surface area contributed by atoms with Crippen LogP contribution in [-0.4, -0.2) is 36.8 Å². The molecule has 2 aromatic carbocycles. The van der Waals surface area contributed by atoms with Crippen molar-refractivity contribution in [1.29, 1.82) is 0 Å². The van der Waals surface area contributed by atoms with Crippen LogP contribution in [0.25, 0.3) is 16.7 Å². The molecule has 0 bridgehead atoms. The number of ether oxygens (including phenoxy) is 3. The summed E-state index contributed by atoms with van der Waals surface area (Å²) in [6.45, 7) is 6.66. The smallest absolute Gasteiger partial charge is 0.216 e. The maximum atomic E-state index is 13.8. The molecule has 0 aliphatic carbocycles. The van der Waals surface area contributed by atoms with E-state index in [1.807, 2.05) is 37.3 Å². The number of carbonyl (C=O) groups is 1. The molecule has 0 fully saturated rings. The van der Waals surface area contributed by atoms with E-state index in [1.54, 1.807) is 20.4 Å². The van der Waals surface area contributed by atoms with Gasteiger partial charge in [-0.3, -0.25) is 4.79 Å². The molecule has 34 heavy (non-hydrogen) atoms. The minimum atomic E-state index is -0.246. The fourth-order valence-electron chi connectivity index (χ4n) is 4.56. The van der Waals surface area contributed by atoms with Crippen LogP contribution < -0.4 is 14.2 Å². The first kappa shape index (κ1) is 23.6. The van der Waals surface area contributed by atoms with Crippen molar-refractivity contribution >= 4 is 11.4 Å². The van der Waals surface area contributed by atoms with E-state index in [4.69, 9.17) is 14.2 Å². The summed E-state index contributed by atoms with van der Waals surface area (Å²) in [5.74, 6) is 2.36. The Morgan fingerprint density at radius 3 is 2.76 bits per heavy atom. The third-order valence-corrected chi connectivity index (χ3v) is 6.70. The molecule has 2 unspecified atom stereocenters. The lowest BCUT2D eigenvalue weighted by atomic mass is 9.82. The first-order valence-corrected chi connectivity index (χ1v) is 11.7. The van der Waals surface area contributed by atoms with Crippen molar-refractivity contribution in [2.75, 3.05) is 20.8 Å². The molecule has 178 valence electrons. The van der Waals surface area contributed by atoms with E-state index in [1.165, 1.54) is 0 Å². The number of nitrogens with zero attached hydrogens (tertiary/aromatic N) is 1. The molecule has 0 radical (unpaired) electrons. The molecule has 4 rings (SSSR count). The first-order chi connectivity index (χ1) is 16.5. The van der Waals surface area contributed by atoms with Gasteiger partial charge in [0.15, 0.2) is 5.78 Å². The van der Waals surface area contributed by atoms with Crippen molar-refractivity contribution in [3.63, 3.8) is 0 Å². The average molecular weight is 461 g/mol. The van der Waals surface area contributed by atoms with Crippen LogP contribution in [0.15, 0.2) is 48.7 Å². The molecule has 0 spiro atoms. The van der Waals surface area contributed by atoms with Crippen molar-refractivity contribution in [2.24, 2.45) is 5.92 Å². The van der Waals surface area contributed by atoms with Gasteiger partial charge in [0.1, 0.15) is 11.5 Å². The number of H-pyrrole nitrogens is 1. The number of carbonyl (C=O) groups excluding carboxylic acids is 1. The van der Waals surface area contributed by atoms with Gasteiger partial charge in [-0.1, -0.05) is 38.1 Å². The van der Waals surface area contributed by atoms with E-state index in [9.17, 15) is 4.79 Å². The Morgan fingerprint density at radius 1 is 1.24 bits per heavy atom. The van der Waals surface area contributed by atoms with Crippen molar-refractivity contribution in [2.45, 2.75) is 39.5 Å². The zero-order chi connectivity index (χ0) is 24.2. The summed E-state index contributed by atoms with van der Waals surface area (Å²) in [7, 11) is 3.27. The van der Waals surface area contributed by atoms with Gasteiger partial charge in [0.05, 0.1) is 38.5 Å². The predicted molar refractivity (Wildman–Crippen MR) is 134 cm³/mol. The van der Waals surface area contributed by atoms with Gasteiger partial charge in [-0.05, 0) is 66.1 Å². The number of methoxy groups -OCH3 is 2. The molecule has 0 saturated heterocycles. The number of allylic oxidation sites excluding steroid dienone is 2. The number of benzene rings is 2. The summed E-state index contributed by atoms with van der Waals surface area (Å²) < 4.78 is 16.7. The number of rotatable bonds is 8. The maximum Gasteiger partial charge on any atom is 0.216 e. The van der Waals surface area contributed by atoms with E-state index in [-0.39, 0.29) is 17.6 Å². The maximum absolute atomic E-state index is 13.8. The lowest BCUT2D eigenvalue weighted by molar-refractivity contribution is -0.118. The Balaban J connectivity index is 1.68. The standard InChI is InChI=1S/C28H32N2O4/c1-6-17(3)24-14-18(25-15-29-30-28(25)33-5)8-10-23(24)22(7-2)27(31)20-12-19-13-21(32-4)9-11-26(19)34-16-20/h7-11,13-15,17,20H,6,12,16H2,1-5H3,(H,29,30)/b22-7+. The lowest BCUT2D eigenvalue weighted by Gasteiger charge is -2.26. The summed E-state index contributed by atoms with van der Waals surface area (Å²) in [5.41, 5.74) is 5.77. The zero-order valence-corrected chi connectivity index (χ0v) is 20.5. The number of hydrogen-bond donors (Lipinski definition) is 1. The van der Waals surface area contributed by atoms with Gasteiger partial charge in [0, 0.05) is 5.57 Å². The Morgan fingerprint density at radius 2 is 2.06 bits per heavy atom. The second kappa shape index (κ2) is 10.2. The van der Waals surface area contributed by atoms with Gasteiger partial charge in [0.2, 0.25) is 5.88 Å². The summed E-state index contributed by atoms with van der Waals surface area (Å²) in [5, 5.41) is 7.00. The minimum Gasteiger partial charge on any atom is -0.497 e. The zero-order valence-electron chi connectivity index (χ0n) is 20.5. The van der Waals surface area contributed by atoms with Gasteiger partial charge < -0.3 is 14.2 Å². The summed E-state index contributed by atoms with van der Waals surface area (Å²) in [6, 6.07) is 12.0. The van der Waals surface area contributed by atoms with Crippen LogP contribution in [0.5, 0.6) is 17.4 Å². The summed E-state index contributed by atoms with van der Waals surface area (Å²) >= 11 is 0. The van der Waals surface area contributed by atoms with Gasteiger partial charge in [-0.25, -0.2) is 5.10 Å². The third kappa shape index (κ3) is 4.45. The third-order valence-electron chi connectivity index (χ3n) is 6.70. The van der Waals surface area contributed by atoms with Crippen molar-refractivity contribution < 1.29 is 19.0 Å². The number of nitrogens with one attached hydrogen (secondary N) is 1. The quantitative estimate of drug-likeness (QED) is 0.428. The van der Waals surface area contributed by atoms with Gasteiger partial charge in [0.25, 0.3) is 0 Å². The molecule has 1 aliphatic rings. The molecule has 0 saturated carbocycles. The van der Waals surface area contributed by atoms with Crippen LogP contribution in [0.1, 0.15) is 49.8 Å². The number of Topliss-reactive ketones (excluding diaryl/α,β-unsaturated/α-hetero) is 1. The highest BCUT2D eigenvalue weighted by Crippen LogP contribution is 2.37. The van der Waals surface area contributed by atoms with E-state index < -0.39 is 0 Å². The Labute approximate surface area is 200 Å². The molecular weight excluding hydrogens is 428 g/mol. The van der Waals surface area contributed by atoms with E-state index in [2.05, 4.69) is 36.2 Å². The van der Waals surface area contributed by atoms with Crippen LogP contribution >= 0.6 is 0 Å². The van der Waals surface area contributed by atoms with Crippen molar-refractivity contribution in [1.82, 2.24) is 10.2 Å². The molecule has 6 nitrogen and oxygen atoms in total. The first-order valence-electron chi connectivity index (χ1n) is 11.7. The molecule has 6 heteroatoms. The normalized spacial score (nSPS) is 16.4. The fraction of sp³-hybridized carbons (Fsp3) is 0.357. The Bertz CT molecular complexity index is 1210. The molecule has 2 heterocycles. The SMILES string of the molecule is C/C=C(/C(=O)C1COc2ccc(OC)cc2C1)c1ccc(-c2cn[nH]c2OC)cc1C(C)CC. The Hall–Kier alpha value is -3.54. The van der Waals surface area contributed by atoms with Gasteiger partial charge >= 0.3 is 0 Å². The highest BCUT2D eigenvalue weighted by atomic mass is 16.5. The van der Waals surface area contributed by atoms with Crippen LogP contribution in [0.2, 0.25) is 0 Å². The van der Waals surface area contributed by atoms with Crippen LogP contribution in [-0.2, 0) is 11.2 Å². The van der Waals surface area contributed by atoms with Gasteiger partial charge in [-0.15, -0.1) is 0 Å². The fourth-order valence-corrected chi connectivity index (χ4v) is 4.56. The highest BCUT2D eigenvalue weighted by Gasteiger charge is 2.30. The highest BCUT2D eigenvalue weighted by molar-refractivity contribution is 6.22. The molecule has 1 aromatic heterocycles. The van der Waals surface area contributed by atoms with Crippen LogP contribution in [0, 0.1) is 5.92 Å². The summed E-state index contributed by atoms with van der Waals surface area (Å²) in [6.07, 6.45) is 5.29. The molecule has 2 atom stereocenters. The van der Waals surface area contributed by atoms with E-state index >= 15 is 0 Å². The molecular formula is C28H32N2O4. The second-order valence-corrected chi connectivity index (χ2v) is 8.68. The average Bonchev–Trinajstić information content (AvgIpc) is 3.37. The van der Waals surface area contributed by atoms with Gasteiger partial charge in [-0.2, -0.15) is 5.10 Å². The van der Waals surface area contributed by atoms with Crippen LogP contribution in [0.4, 0.5) is 0 Å². The number of aromatic amines is 1. The summed E-state index contributed by atoms with van der Waals surface area (Å²) in [4.78, 5) is 13.8. The minimum absolute atomic E-state index is 0.106. The Kier molecular flexibility index (Phi) is 7.06. The van der Waals surface area contributed by atoms with Crippen molar-refractivity contribution in [3.8, 4) is 28.5 Å². The number of ketones is 1. The number of hydrogen-bond acceptors (Lipinski definition) is 5. The van der Waals surface area contributed by atoms with Crippen molar-refractivity contribution in [3.05, 3.63) is 65.4 Å². The van der Waals surface area contributed by atoms with E-state index in [0.717, 1.165) is 51.3 Å². The molecule has 3 aromatic rings. The molecule has 1 N–H and O–H groups in total. The molecule has 1 aliphatic heterocycles. The predicted octanol–water partition coefficient (Wildman–Crippen LogP) is 5.83. The second-order valence-electron chi connectivity index (χ2n) is 8.68. The topological polar surface area (TPSA) is 73.4 Å².